The third kappa shape index (κ3) is 6.89. The minimum absolute atomic E-state index is 0.599. The van der Waals surface area contributed by atoms with Crippen molar-refractivity contribution in [2.75, 3.05) is 12.8 Å². The number of aryl methyl sites for hydroxylation is 1. The summed E-state index contributed by atoms with van der Waals surface area (Å²) >= 11 is 5.82. The monoisotopic (exact) mass is 359 g/mol. The van der Waals surface area contributed by atoms with Gasteiger partial charge in [-0.15, -0.1) is 0 Å². The van der Waals surface area contributed by atoms with Gasteiger partial charge in [-0.05, 0) is 42.7 Å². The quantitative estimate of drug-likeness (QED) is 0.506. The molecule has 4 nitrogen and oxygen atoms in total. The largest absolute Gasteiger partial charge is 0.496 e. The van der Waals surface area contributed by atoms with Crippen LogP contribution in [0.5, 0.6) is 5.75 Å². The van der Waals surface area contributed by atoms with E-state index in [1.807, 2.05) is 18.2 Å². The molecule has 0 heterocycles. The number of methoxy groups -OCH3 is 1. The summed E-state index contributed by atoms with van der Waals surface area (Å²) in [5, 5.41) is 8.01. The molecule has 0 aliphatic heterocycles. The lowest BCUT2D eigenvalue weighted by Crippen LogP contribution is -1.96. The number of nitrogens with one attached hydrogen (secondary N) is 1. The molecule has 25 heavy (non-hydrogen) atoms. The van der Waals surface area contributed by atoms with Gasteiger partial charge in [0, 0.05) is 40.3 Å². The van der Waals surface area contributed by atoms with Gasteiger partial charge in [-0.2, -0.15) is 0 Å². The summed E-state index contributed by atoms with van der Waals surface area (Å²) in [5.74, 6) is 0.616. The lowest BCUT2D eigenvalue weighted by atomic mass is 10.1. The molecule has 5 N–H and O–H groups in total. The number of hydrogen-bond donors (Lipinski definition) is 3. The van der Waals surface area contributed by atoms with Crippen LogP contribution in [0.25, 0.3) is 5.57 Å². The topological polar surface area (TPSA) is 85.1 Å². The van der Waals surface area contributed by atoms with Gasteiger partial charge in [0.05, 0.1) is 7.11 Å². The Morgan fingerprint density at radius 2 is 2.00 bits per heavy atom. The van der Waals surface area contributed by atoms with Crippen molar-refractivity contribution in [3.63, 3.8) is 0 Å². The van der Waals surface area contributed by atoms with E-state index >= 15 is 0 Å². The smallest absolute Gasteiger partial charge is 0.128 e. The molecule has 0 aromatic heterocycles. The minimum atomic E-state index is 0.599. The molecule has 0 saturated carbocycles. The second-order valence-corrected chi connectivity index (χ2v) is 5.90. The van der Waals surface area contributed by atoms with E-state index in [0.717, 1.165) is 17.0 Å². The molecule has 0 fully saturated rings. The Balaban J connectivity index is 0.000000257. The molecule has 0 aliphatic carbocycles. The molecule has 0 saturated heterocycles. The molecule has 0 atom stereocenters. The minimum Gasteiger partial charge on any atom is -0.496 e. The molecule has 2 rings (SSSR count). The Morgan fingerprint density at radius 1 is 1.24 bits per heavy atom. The summed E-state index contributed by atoms with van der Waals surface area (Å²) in [4.78, 5) is 0. The van der Waals surface area contributed by atoms with Gasteiger partial charge in [-0.3, -0.25) is 0 Å². The number of unbranched alkanes of at least 4 members (excludes halogenated alkanes) is 1. The van der Waals surface area contributed by atoms with Crippen molar-refractivity contribution in [2.24, 2.45) is 5.73 Å². The second-order valence-electron chi connectivity index (χ2n) is 5.46. The zero-order valence-electron chi connectivity index (χ0n) is 14.8. The maximum Gasteiger partial charge on any atom is 0.128 e. The van der Waals surface area contributed by atoms with E-state index in [2.05, 4.69) is 13.0 Å². The Bertz CT molecular complexity index is 714. The maximum absolute atomic E-state index is 7.16. The van der Waals surface area contributed by atoms with E-state index in [0.29, 0.717) is 17.0 Å². The van der Waals surface area contributed by atoms with Crippen LogP contribution in [0.4, 0.5) is 5.69 Å². The highest BCUT2D eigenvalue weighted by molar-refractivity contribution is 6.30. The van der Waals surface area contributed by atoms with E-state index in [9.17, 15) is 0 Å². The molecule has 2 aromatic rings. The summed E-state index contributed by atoms with van der Waals surface area (Å²) in [5.41, 5.74) is 14.3. The van der Waals surface area contributed by atoms with Crippen LogP contribution in [0.1, 0.15) is 30.9 Å². The molecule has 0 spiro atoms. The first-order valence-corrected chi connectivity index (χ1v) is 8.54. The number of allylic oxidation sites excluding steroid dienone is 1. The maximum atomic E-state index is 7.16. The van der Waals surface area contributed by atoms with E-state index in [-0.39, 0.29) is 0 Å². The predicted octanol–water partition coefficient (Wildman–Crippen LogP) is 4.91. The molecule has 0 amide bonds. The number of hydrogen-bond acceptors (Lipinski definition) is 4. The molecular formula is C20H26ClN3O. The number of nitrogen functional groups attached to an aromatic ring is 1. The van der Waals surface area contributed by atoms with E-state index in [4.69, 9.17) is 33.2 Å². The lowest BCUT2D eigenvalue weighted by molar-refractivity contribution is 0.414. The summed E-state index contributed by atoms with van der Waals surface area (Å²) in [6.45, 7) is 2.20. The summed E-state index contributed by atoms with van der Waals surface area (Å²) < 4.78 is 5.13. The predicted molar refractivity (Wildman–Crippen MR) is 108 cm³/mol. The standard InChI is InChI=1S/C10H13Cl.C10H13N3O/c1-2-3-5-9-6-4-7-10(11)8-9;1-14-10-4-8(13)2-3-9(10)7(5-11)6-12/h4,6-8H,2-3,5H2,1H3;2-6,11H,12-13H2,1H3/b;7-6+,11-5?. The van der Waals surface area contributed by atoms with Gasteiger partial charge in [0.1, 0.15) is 5.75 Å². The van der Waals surface area contributed by atoms with Crippen molar-refractivity contribution in [1.29, 1.82) is 5.41 Å². The van der Waals surface area contributed by atoms with Crippen LogP contribution in [0.2, 0.25) is 5.02 Å². The first kappa shape index (κ1) is 20.6. The van der Waals surface area contributed by atoms with Crippen LogP contribution >= 0.6 is 11.6 Å². The number of halogens is 1. The van der Waals surface area contributed by atoms with Gasteiger partial charge in [0.25, 0.3) is 0 Å². The number of nitrogens with two attached hydrogens (primary N) is 2. The third-order valence-corrected chi connectivity index (χ3v) is 3.81. The van der Waals surface area contributed by atoms with Crippen LogP contribution < -0.4 is 16.2 Å². The van der Waals surface area contributed by atoms with Crippen molar-refractivity contribution in [3.05, 3.63) is 64.8 Å². The highest BCUT2D eigenvalue weighted by Crippen LogP contribution is 2.26. The van der Waals surface area contributed by atoms with Crippen molar-refractivity contribution < 1.29 is 4.74 Å². The highest BCUT2D eigenvalue weighted by atomic mass is 35.5. The fourth-order valence-corrected chi connectivity index (χ4v) is 2.45. The normalized spacial score (nSPS) is 10.6. The fourth-order valence-electron chi connectivity index (χ4n) is 2.24. The van der Waals surface area contributed by atoms with Crippen molar-refractivity contribution >= 4 is 29.1 Å². The average molecular weight is 360 g/mol. The molecule has 2 aromatic carbocycles. The SMILES string of the molecule is CCCCc1cccc(Cl)c1.COc1cc(N)ccc1/C(C=N)=C/N. The van der Waals surface area contributed by atoms with E-state index in [1.54, 1.807) is 25.3 Å². The molecule has 0 unspecified atom stereocenters. The zero-order chi connectivity index (χ0) is 18.7. The van der Waals surface area contributed by atoms with Gasteiger partial charge in [0.15, 0.2) is 0 Å². The average Bonchev–Trinajstić information content (AvgIpc) is 2.62. The van der Waals surface area contributed by atoms with Crippen LogP contribution in [-0.4, -0.2) is 13.3 Å². The molecule has 134 valence electrons. The summed E-state index contributed by atoms with van der Waals surface area (Å²) in [6.07, 6.45) is 6.18. The van der Waals surface area contributed by atoms with Gasteiger partial charge < -0.3 is 21.6 Å². The second kappa shape index (κ2) is 11.2. The first-order valence-electron chi connectivity index (χ1n) is 8.16. The Labute approximate surface area is 155 Å². The third-order valence-electron chi connectivity index (χ3n) is 3.58. The van der Waals surface area contributed by atoms with Gasteiger partial charge in [-0.1, -0.05) is 37.1 Å². The van der Waals surface area contributed by atoms with Crippen LogP contribution in [0.3, 0.4) is 0 Å². The van der Waals surface area contributed by atoms with Gasteiger partial charge in [-0.25, -0.2) is 0 Å². The summed E-state index contributed by atoms with van der Waals surface area (Å²) in [7, 11) is 1.55. The highest BCUT2D eigenvalue weighted by Gasteiger charge is 2.06. The van der Waals surface area contributed by atoms with E-state index in [1.165, 1.54) is 30.8 Å². The number of anilines is 1. The molecule has 0 aliphatic rings. The van der Waals surface area contributed by atoms with Crippen LogP contribution in [0.15, 0.2) is 48.7 Å². The van der Waals surface area contributed by atoms with E-state index < -0.39 is 0 Å². The van der Waals surface area contributed by atoms with Crippen molar-refractivity contribution in [2.45, 2.75) is 26.2 Å². The zero-order valence-corrected chi connectivity index (χ0v) is 15.5. The number of ether oxygens (including phenoxy) is 1. The summed E-state index contributed by atoms with van der Waals surface area (Å²) in [6, 6.07) is 13.3. The Hall–Kier alpha value is -2.46. The first-order chi connectivity index (χ1) is 12.0. The lowest BCUT2D eigenvalue weighted by Gasteiger charge is -2.08. The molecule has 0 radical (unpaired) electrons. The molecule has 0 bridgehead atoms. The molecular weight excluding hydrogens is 334 g/mol. The van der Waals surface area contributed by atoms with Gasteiger partial charge >= 0.3 is 0 Å². The van der Waals surface area contributed by atoms with Crippen LogP contribution in [0, 0.1) is 5.41 Å². The van der Waals surface area contributed by atoms with Crippen molar-refractivity contribution in [1.82, 2.24) is 0 Å². The fraction of sp³-hybridized carbons (Fsp3) is 0.250. The van der Waals surface area contributed by atoms with Gasteiger partial charge in [0.2, 0.25) is 0 Å². The molecule has 5 heteroatoms. The Kier molecular flexibility index (Phi) is 9.19. The van der Waals surface area contributed by atoms with Crippen molar-refractivity contribution in [3.8, 4) is 5.75 Å². The number of rotatable bonds is 6. The number of benzene rings is 2. The Morgan fingerprint density at radius 3 is 2.56 bits per heavy atom. The van der Waals surface area contributed by atoms with Crippen LogP contribution in [-0.2, 0) is 6.42 Å².